The van der Waals surface area contributed by atoms with Crippen molar-refractivity contribution in [3.8, 4) is 0 Å². The summed E-state index contributed by atoms with van der Waals surface area (Å²) in [5.41, 5.74) is 10.2. The number of benzene rings is 1. The summed E-state index contributed by atoms with van der Waals surface area (Å²) in [6.07, 6.45) is 6.59. The molecule has 1 unspecified atom stereocenters. The second-order valence-corrected chi connectivity index (χ2v) is 8.46. The van der Waals surface area contributed by atoms with Crippen LogP contribution in [0.4, 0.5) is 5.69 Å². The molecule has 0 fully saturated rings. The number of azide groups is 1. The second kappa shape index (κ2) is 8.03. The summed E-state index contributed by atoms with van der Waals surface area (Å²) in [7, 11) is -3.42. The molecule has 8 heteroatoms. The maximum Gasteiger partial charge on any atom is 0.232 e. The molecule has 0 amide bonds. The van der Waals surface area contributed by atoms with Crippen molar-refractivity contribution in [2.45, 2.75) is 31.7 Å². The average molecular weight is 446 g/mol. The molecule has 23 heavy (non-hydrogen) atoms. The Morgan fingerprint density at radius 2 is 2.17 bits per heavy atom. The van der Waals surface area contributed by atoms with E-state index >= 15 is 0 Å². The number of rotatable bonds is 6. The lowest BCUT2D eigenvalue weighted by atomic mass is 9.91. The minimum absolute atomic E-state index is 0.205. The molecule has 0 bridgehead atoms. The van der Waals surface area contributed by atoms with Crippen molar-refractivity contribution in [2.24, 2.45) is 5.11 Å². The third-order valence-corrected chi connectivity index (χ3v) is 5.89. The van der Waals surface area contributed by atoms with Gasteiger partial charge in [0.1, 0.15) is 0 Å². The Balaban J connectivity index is 2.42. The van der Waals surface area contributed by atoms with Crippen LogP contribution in [0.1, 0.15) is 25.7 Å². The van der Waals surface area contributed by atoms with Crippen LogP contribution in [0.2, 0.25) is 0 Å². The number of hydrogen-bond acceptors (Lipinski definition) is 3. The van der Waals surface area contributed by atoms with Crippen LogP contribution in [0.25, 0.3) is 10.4 Å². The van der Waals surface area contributed by atoms with Gasteiger partial charge in [-0.25, -0.2) is 8.42 Å². The number of sulfonamides is 1. The van der Waals surface area contributed by atoms with Gasteiger partial charge in [0.15, 0.2) is 0 Å². The summed E-state index contributed by atoms with van der Waals surface area (Å²) in [6, 6.07) is 7.28. The molecular formula is C15H19IN4O2S. The highest BCUT2D eigenvalue weighted by molar-refractivity contribution is 14.1. The predicted molar refractivity (Wildman–Crippen MR) is 101 cm³/mol. The molecule has 1 aromatic carbocycles. The Morgan fingerprint density at radius 3 is 2.83 bits per heavy atom. The highest BCUT2D eigenvalue weighted by Crippen LogP contribution is 2.34. The quantitative estimate of drug-likeness (QED) is 0.215. The topological polar surface area (TPSA) is 86.1 Å². The SMILES string of the molecule is CS(=O)(=O)N(c1ccccc1I)C1CCCC=C1CCN=[N+]=[N-]. The normalized spacial score (nSPS) is 18.0. The Hall–Kier alpha value is -1.25. The van der Waals surface area contributed by atoms with Crippen molar-refractivity contribution < 1.29 is 8.42 Å². The smallest absolute Gasteiger partial charge is 0.232 e. The van der Waals surface area contributed by atoms with Crippen LogP contribution in [0.15, 0.2) is 41.0 Å². The predicted octanol–water partition coefficient (Wildman–Crippen LogP) is 4.24. The zero-order valence-corrected chi connectivity index (χ0v) is 15.9. The van der Waals surface area contributed by atoms with Gasteiger partial charge in [0.2, 0.25) is 10.0 Å². The standard InChI is InChI=1S/C15H19IN4O2S/c1-23(21,22)20(15-9-5-3-7-13(15)16)14-8-4-2-6-12(14)10-11-18-19-17/h3,5-7,9,14H,2,4,8,10-11H2,1H3. The van der Waals surface area contributed by atoms with E-state index in [1.807, 2.05) is 24.3 Å². The molecule has 1 aromatic rings. The molecule has 0 heterocycles. The minimum atomic E-state index is -3.42. The Morgan fingerprint density at radius 1 is 1.43 bits per heavy atom. The first-order valence-electron chi connectivity index (χ1n) is 7.39. The van der Waals surface area contributed by atoms with E-state index < -0.39 is 10.0 Å². The number of nitrogens with zero attached hydrogens (tertiary/aromatic N) is 4. The van der Waals surface area contributed by atoms with E-state index in [-0.39, 0.29) is 6.04 Å². The van der Waals surface area contributed by atoms with Crippen LogP contribution < -0.4 is 4.31 Å². The van der Waals surface area contributed by atoms with Gasteiger partial charge in [0, 0.05) is 15.0 Å². The zero-order valence-electron chi connectivity index (χ0n) is 12.9. The molecule has 0 N–H and O–H groups in total. The summed E-state index contributed by atoms with van der Waals surface area (Å²) in [4.78, 5) is 2.78. The first-order chi connectivity index (χ1) is 10.9. The number of allylic oxidation sites excluding steroid dienone is 1. The van der Waals surface area contributed by atoms with Crippen LogP contribution in [-0.2, 0) is 10.0 Å². The van der Waals surface area contributed by atoms with Crippen LogP contribution >= 0.6 is 22.6 Å². The van der Waals surface area contributed by atoms with E-state index in [0.717, 1.165) is 28.4 Å². The first kappa shape index (κ1) is 18.1. The van der Waals surface area contributed by atoms with E-state index in [1.54, 1.807) is 0 Å². The second-order valence-electron chi connectivity index (χ2n) is 5.44. The average Bonchev–Trinajstić information content (AvgIpc) is 2.50. The third kappa shape index (κ3) is 4.62. The molecule has 2 rings (SSSR count). The summed E-state index contributed by atoms with van der Waals surface area (Å²) in [5.74, 6) is 0. The highest BCUT2D eigenvalue weighted by atomic mass is 127. The van der Waals surface area contributed by atoms with Crippen molar-refractivity contribution in [3.63, 3.8) is 0 Å². The van der Waals surface area contributed by atoms with Crippen molar-refractivity contribution in [1.29, 1.82) is 0 Å². The highest BCUT2D eigenvalue weighted by Gasteiger charge is 2.31. The molecule has 1 atom stereocenters. The molecule has 0 saturated heterocycles. The van der Waals surface area contributed by atoms with Crippen LogP contribution in [-0.4, -0.2) is 27.3 Å². The number of hydrogen-bond donors (Lipinski definition) is 0. The lowest BCUT2D eigenvalue weighted by Gasteiger charge is -2.36. The summed E-state index contributed by atoms with van der Waals surface area (Å²) in [5, 5.41) is 3.58. The van der Waals surface area contributed by atoms with Crippen LogP contribution in [0.5, 0.6) is 0 Å². The Bertz CT molecular complexity index is 742. The monoisotopic (exact) mass is 446 g/mol. The number of para-hydroxylation sites is 1. The molecule has 0 radical (unpaired) electrons. The molecule has 0 spiro atoms. The molecule has 0 aliphatic heterocycles. The fourth-order valence-corrected chi connectivity index (χ4v) is 4.92. The largest absolute Gasteiger partial charge is 0.262 e. The number of halogens is 1. The van der Waals surface area contributed by atoms with E-state index in [0.29, 0.717) is 18.7 Å². The molecular weight excluding hydrogens is 427 g/mol. The molecule has 0 aromatic heterocycles. The maximum absolute atomic E-state index is 12.5. The third-order valence-electron chi connectivity index (χ3n) is 3.81. The molecule has 124 valence electrons. The fraction of sp³-hybridized carbons (Fsp3) is 0.467. The lowest BCUT2D eigenvalue weighted by molar-refractivity contribution is 0.558. The van der Waals surface area contributed by atoms with Crippen molar-refractivity contribution in [3.05, 3.63) is 49.9 Å². The summed E-state index contributed by atoms with van der Waals surface area (Å²) in [6.45, 7) is 0.350. The van der Waals surface area contributed by atoms with Gasteiger partial charge in [-0.2, -0.15) is 0 Å². The van der Waals surface area contributed by atoms with E-state index in [4.69, 9.17) is 5.53 Å². The maximum atomic E-state index is 12.5. The lowest BCUT2D eigenvalue weighted by Crippen LogP contribution is -2.42. The zero-order chi connectivity index (χ0) is 16.9. The van der Waals surface area contributed by atoms with Gasteiger partial charge in [-0.1, -0.05) is 28.9 Å². The molecule has 1 aliphatic carbocycles. The molecule has 6 nitrogen and oxygen atoms in total. The van der Waals surface area contributed by atoms with E-state index in [9.17, 15) is 8.42 Å². The van der Waals surface area contributed by atoms with Crippen molar-refractivity contribution in [1.82, 2.24) is 0 Å². The number of anilines is 1. The van der Waals surface area contributed by atoms with Gasteiger partial charge in [0.05, 0.1) is 18.0 Å². The van der Waals surface area contributed by atoms with Gasteiger partial charge in [-0.15, -0.1) is 0 Å². The van der Waals surface area contributed by atoms with Crippen LogP contribution in [0, 0.1) is 3.57 Å². The van der Waals surface area contributed by atoms with Gasteiger partial charge in [0.25, 0.3) is 0 Å². The van der Waals surface area contributed by atoms with Crippen molar-refractivity contribution in [2.75, 3.05) is 17.1 Å². The fourth-order valence-electron chi connectivity index (χ4n) is 2.89. The Kier molecular flexibility index (Phi) is 6.32. The molecule has 1 aliphatic rings. The van der Waals surface area contributed by atoms with Gasteiger partial charge < -0.3 is 0 Å². The molecule has 0 saturated carbocycles. The minimum Gasteiger partial charge on any atom is -0.262 e. The summed E-state index contributed by atoms with van der Waals surface area (Å²) < 4.78 is 27.4. The Labute approximate surface area is 150 Å². The van der Waals surface area contributed by atoms with Crippen molar-refractivity contribution >= 4 is 38.3 Å². The van der Waals surface area contributed by atoms with Gasteiger partial charge in [-0.3, -0.25) is 4.31 Å². The first-order valence-corrected chi connectivity index (χ1v) is 10.3. The summed E-state index contributed by atoms with van der Waals surface area (Å²) >= 11 is 2.16. The van der Waals surface area contributed by atoms with Gasteiger partial charge in [-0.05, 0) is 65.9 Å². The van der Waals surface area contributed by atoms with Crippen LogP contribution in [0.3, 0.4) is 0 Å². The van der Waals surface area contributed by atoms with E-state index in [1.165, 1.54) is 10.6 Å². The van der Waals surface area contributed by atoms with E-state index in [2.05, 4.69) is 38.7 Å². The van der Waals surface area contributed by atoms with Gasteiger partial charge >= 0.3 is 0 Å².